The van der Waals surface area contributed by atoms with Gasteiger partial charge in [-0.15, -0.1) is 0 Å². The number of benzene rings is 1. The smallest absolute Gasteiger partial charge is 0.0451 e. The van der Waals surface area contributed by atoms with E-state index < -0.39 is 5.54 Å². The molecule has 0 bridgehead atoms. The summed E-state index contributed by atoms with van der Waals surface area (Å²) in [6.45, 7) is 1.86. The van der Waals surface area contributed by atoms with E-state index in [1.165, 1.54) is 0 Å². The van der Waals surface area contributed by atoms with E-state index in [9.17, 15) is 0 Å². The Balaban J connectivity index is 3.10. The zero-order chi connectivity index (χ0) is 10.8. The number of hydrogen-bond donors (Lipinski definition) is 4. The summed E-state index contributed by atoms with van der Waals surface area (Å²) in [7, 11) is 0. The molecule has 0 spiro atoms. The lowest BCUT2D eigenvalue weighted by Gasteiger charge is -2.26. The molecule has 0 aliphatic carbocycles. The third-order valence-electron chi connectivity index (χ3n) is 2.32. The summed E-state index contributed by atoms with van der Waals surface area (Å²) in [4.78, 5) is 0. The van der Waals surface area contributed by atoms with Crippen molar-refractivity contribution in [3.05, 3.63) is 23.8 Å². The molecule has 0 saturated heterocycles. The first-order chi connectivity index (χ1) is 6.47. The monoisotopic (exact) mass is 195 g/mol. The van der Waals surface area contributed by atoms with Crippen molar-refractivity contribution in [2.75, 3.05) is 18.1 Å². The van der Waals surface area contributed by atoms with Gasteiger partial charge in [-0.05, 0) is 37.1 Å². The SMILES string of the molecule is CC(N)(CCO)c1cc(N)ccc1N. The first-order valence-corrected chi connectivity index (χ1v) is 4.52. The van der Waals surface area contributed by atoms with Crippen LogP contribution in [-0.2, 0) is 5.54 Å². The van der Waals surface area contributed by atoms with Crippen molar-refractivity contribution in [1.29, 1.82) is 0 Å². The highest BCUT2D eigenvalue weighted by Crippen LogP contribution is 2.28. The average molecular weight is 195 g/mol. The van der Waals surface area contributed by atoms with Gasteiger partial charge in [-0.25, -0.2) is 0 Å². The van der Waals surface area contributed by atoms with Crippen LogP contribution in [0.3, 0.4) is 0 Å². The Labute approximate surface area is 83.7 Å². The topological polar surface area (TPSA) is 98.3 Å². The number of aliphatic hydroxyl groups excluding tert-OH is 1. The Kier molecular flexibility index (Phi) is 2.98. The minimum absolute atomic E-state index is 0.0290. The van der Waals surface area contributed by atoms with Crippen LogP contribution in [0.5, 0.6) is 0 Å². The second kappa shape index (κ2) is 3.86. The van der Waals surface area contributed by atoms with Gasteiger partial charge in [-0.3, -0.25) is 0 Å². The summed E-state index contributed by atoms with van der Waals surface area (Å²) in [5.41, 5.74) is 18.8. The van der Waals surface area contributed by atoms with Crippen LogP contribution in [0.1, 0.15) is 18.9 Å². The van der Waals surface area contributed by atoms with Crippen molar-refractivity contribution in [3.8, 4) is 0 Å². The van der Waals surface area contributed by atoms with Gasteiger partial charge in [0.1, 0.15) is 0 Å². The molecule has 0 amide bonds. The molecule has 0 aliphatic heterocycles. The normalized spacial score (nSPS) is 15.1. The predicted molar refractivity (Wildman–Crippen MR) is 58.5 cm³/mol. The van der Waals surface area contributed by atoms with Gasteiger partial charge in [0.05, 0.1) is 0 Å². The van der Waals surface area contributed by atoms with Crippen LogP contribution < -0.4 is 17.2 Å². The molecular weight excluding hydrogens is 178 g/mol. The molecule has 0 saturated carbocycles. The van der Waals surface area contributed by atoms with Crippen LogP contribution in [0.2, 0.25) is 0 Å². The molecule has 0 heterocycles. The molecule has 78 valence electrons. The molecule has 1 unspecified atom stereocenters. The molecule has 1 rings (SSSR count). The lowest BCUT2D eigenvalue weighted by molar-refractivity contribution is 0.247. The molecule has 4 nitrogen and oxygen atoms in total. The van der Waals surface area contributed by atoms with E-state index in [4.69, 9.17) is 22.3 Å². The second-order valence-corrected chi connectivity index (χ2v) is 3.74. The van der Waals surface area contributed by atoms with Crippen LogP contribution in [0.4, 0.5) is 11.4 Å². The highest BCUT2D eigenvalue weighted by atomic mass is 16.3. The maximum Gasteiger partial charge on any atom is 0.0451 e. The highest BCUT2D eigenvalue weighted by Gasteiger charge is 2.22. The fraction of sp³-hybridized carbons (Fsp3) is 0.400. The third-order valence-corrected chi connectivity index (χ3v) is 2.32. The minimum atomic E-state index is -0.631. The van der Waals surface area contributed by atoms with Gasteiger partial charge in [0, 0.05) is 23.5 Å². The Morgan fingerprint density at radius 1 is 1.36 bits per heavy atom. The largest absolute Gasteiger partial charge is 0.399 e. The molecule has 1 atom stereocenters. The average Bonchev–Trinajstić information content (AvgIpc) is 2.09. The number of aliphatic hydroxyl groups is 1. The molecule has 0 aromatic heterocycles. The van der Waals surface area contributed by atoms with Gasteiger partial charge < -0.3 is 22.3 Å². The van der Waals surface area contributed by atoms with E-state index in [2.05, 4.69) is 0 Å². The van der Waals surface area contributed by atoms with E-state index in [0.717, 1.165) is 5.56 Å². The van der Waals surface area contributed by atoms with E-state index in [-0.39, 0.29) is 6.61 Å². The van der Waals surface area contributed by atoms with Gasteiger partial charge in [-0.2, -0.15) is 0 Å². The fourth-order valence-corrected chi connectivity index (χ4v) is 1.44. The number of hydrogen-bond acceptors (Lipinski definition) is 4. The first kappa shape index (κ1) is 10.8. The standard InChI is InChI=1S/C10H17N3O/c1-10(13,4-5-14)8-6-7(11)2-3-9(8)12/h2-3,6,14H,4-5,11-13H2,1H3. The Bertz CT molecular complexity index is 323. The number of rotatable bonds is 3. The number of anilines is 2. The summed E-state index contributed by atoms with van der Waals surface area (Å²) in [5, 5.41) is 8.87. The van der Waals surface area contributed by atoms with Gasteiger partial charge in [0.2, 0.25) is 0 Å². The van der Waals surface area contributed by atoms with Crippen LogP contribution in [-0.4, -0.2) is 11.7 Å². The molecule has 4 heteroatoms. The fourth-order valence-electron chi connectivity index (χ4n) is 1.44. The van der Waals surface area contributed by atoms with Crippen molar-refractivity contribution < 1.29 is 5.11 Å². The highest BCUT2D eigenvalue weighted by molar-refractivity contribution is 5.57. The van der Waals surface area contributed by atoms with Crippen molar-refractivity contribution in [1.82, 2.24) is 0 Å². The van der Waals surface area contributed by atoms with E-state index in [1.54, 1.807) is 18.2 Å². The van der Waals surface area contributed by atoms with E-state index >= 15 is 0 Å². The Hall–Kier alpha value is -1.26. The maximum absolute atomic E-state index is 8.87. The Morgan fingerprint density at radius 3 is 2.57 bits per heavy atom. The van der Waals surface area contributed by atoms with Crippen molar-refractivity contribution in [3.63, 3.8) is 0 Å². The van der Waals surface area contributed by atoms with Crippen molar-refractivity contribution in [2.45, 2.75) is 18.9 Å². The number of nitrogen functional groups attached to an aromatic ring is 2. The summed E-state index contributed by atoms with van der Waals surface area (Å²) < 4.78 is 0. The summed E-state index contributed by atoms with van der Waals surface area (Å²) >= 11 is 0. The summed E-state index contributed by atoms with van der Waals surface area (Å²) in [6, 6.07) is 5.21. The third kappa shape index (κ3) is 2.16. The molecule has 0 fully saturated rings. The number of nitrogens with two attached hydrogens (primary N) is 3. The lowest BCUT2D eigenvalue weighted by atomic mass is 9.88. The molecule has 1 aromatic rings. The van der Waals surface area contributed by atoms with Gasteiger partial charge in [0.25, 0.3) is 0 Å². The zero-order valence-corrected chi connectivity index (χ0v) is 8.33. The molecule has 7 N–H and O–H groups in total. The van der Waals surface area contributed by atoms with E-state index in [0.29, 0.717) is 17.8 Å². The zero-order valence-electron chi connectivity index (χ0n) is 8.33. The summed E-state index contributed by atoms with van der Waals surface area (Å²) in [5.74, 6) is 0. The molecular formula is C10H17N3O. The van der Waals surface area contributed by atoms with Crippen LogP contribution in [0.25, 0.3) is 0 Å². The predicted octanol–water partition coefficient (Wildman–Crippen LogP) is 0.407. The first-order valence-electron chi connectivity index (χ1n) is 4.52. The maximum atomic E-state index is 8.87. The second-order valence-electron chi connectivity index (χ2n) is 3.74. The van der Waals surface area contributed by atoms with Gasteiger partial charge in [-0.1, -0.05) is 0 Å². The van der Waals surface area contributed by atoms with Crippen LogP contribution in [0, 0.1) is 0 Å². The molecule has 0 aliphatic rings. The van der Waals surface area contributed by atoms with Gasteiger partial charge >= 0.3 is 0 Å². The molecule has 1 aromatic carbocycles. The van der Waals surface area contributed by atoms with E-state index in [1.807, 2.05) is 6.92 Å². The Morgan fingerprint density at radius 2 is 2.00 bits per heavy atom. The molecule has 14 heavy (non-hydrogen) atoms. The lowest BCUT2D eigenvalue weighted by Crippen LogP contribution is -2.34. The molecule has 0 radical (unpaired) electrons. The van der Waals surface area contributed by atoms with Gasteiger partial charge in [0.15, 0.2) is 0 Å². The van der Waals surface area contributed by atoms with Crippen molar-refractivity contribution in [2.24, 2.45) is 5.73 Å². The van der Waals surface area contributed by atoms with Crippen molar-refractivity contribution >= 4 is 11.4 Å². The van der Waals surface area contributed by atoms with Crippen LogP contribution >= 0.6 is 0 Å². The summed E-state index contributed by atoms with van der Waals surface area (Å²) in [6.07, 6.45) is 0.459. The van der Waals surface area contributed by atoms with Crippen LogP contribution in [0.15, 0.2) is 18.2 Å². The minimum Gasteiger partial charge on any atom is -0.399 e. The quantitative estimate of drug-likeness (QED) is 0.525.